The van der Waals surface area contributed by atoms with Crippen LogP contribution in [0.3, 0.4) is 0 Å². The lowest BCUT2D eigenvalue weighted by Gasteiger charge is -2.07. The molecule has 0 saturated heterocycles. The third-order valence-electron chi connectivity index (χ3n) is 3.50. The number of nitrogen functional groups attached to an aromatic ring is 1. The molecule has 110 valence electrons. The molecule has 2 heterocycles. The molecule has 2 aromatic heterocycles. The molecule has 0 unspecified atom stereocenters. The van der Waals surface area contributed by atoms with E-state index in [0.29, 0.717) is 0 Å². The minimum Gasteiger partial charge on any atom is -0.383 e. The molecule has 0 bridgehead atoms. The molecule has 0 aromatic carbocycles. The minimum atomic E-state index is 0.770. The zero-order valence-corrected chi connectivity index (χ0v) is 12.8. The van der Waals surface area contributed by atoms with Gasteiger partial charge in [0.25, 0.3) is 0 Å². The predicted molar refractivity (Wildman–Crippen MR) is 82.4 cm³/mol. The van der Waals surface area contributed by atoms with Crippen molar-refractivity contribution in [3.05, 3.63) is 18.2 Å². The molecule has 0 fully saturated rings. The zero-order chi connectivity index (χ0) is 14.5. The number of hydrogen-bond donors (Lipinski definition) is 1. The van der Waals surface area contributed by atoms with Crippen LogP contribution in [-0.4, -0.2) is 19.3 Å². The van der Waals surface area contributed by atoms with E-state index in [9.17, 15) is 0 Å². The van der Waals surface area contributed by atoms with Gasteiger partial charge in [-0.05, 0) is 12.8 Å². The lowest BCUT2D eigenvalue weighted by atomic mass is 10.2. The highest BCUT2D eigenvalue weighted by atomic mass is 15.3. The van der Waals surface area contributed by atoms with E-state index in [1.807, 2.05) is 17.1 Å². The van der Waals surface area contributed by atoms with Gasteiger partial charge in [0, 0.05) is 31.3 Å². The average Bonchev–Trinajstić information content (AvgIpc) is 3.02. The molecule has 0 amide bonds. The quantitative estimate of drug-likeness (QED) is 0.844. The van der Waals surface area contributed by atoms with Crippen LogP contribution in [0, 0.1) is 0 Å². The smallest absolute Gasteiger partial charge is 0.131 e. The molecule has 5 nitrogen and oxygen atoms in total. The Hall–Kier alpha value is -1.78. The summed E-state index contributed by atoms with van der Waals surface area (Å²) in [6.07, 6.45) is 8.15. The van der Waals surface area contributed by atoms with Gasteiger partial charge in [-0.3, -0.25) is 4.68 Å². The largest absolute Gasteiger partial charge is 0.383 e. The number of hydrogen-bond acceptors (Lipinski definition) is 3. The van der Waals surface area contributed by atoms with E-state index in [2.05, 4.69) is 30.4 Å². The standard InChI is InChI=1S/C15H25N5/c1-4-7-9-20-13(6-3)18-14(15(20)16)12-10-17-19(11-12)8-5-2/h10-11H,4-9,16H2,1-3H3. The molecule has 2 N–H and O–H groups in total. The summed E-state index contributed by atoms with van der Waals surface area (Å²) in [5.41, 5.74) is 8.19. The molecule has 0 spiro atoms. The molecule has 2 rings (SSSR count). The van der Waals surface area contributed by atoms with Crippen LogP contribution in [-0.2, 0) is 19.5 Å². The SMILES string of the molecule is CCCCn1c(CC)nc(-c2cnn(CCC)c2)c1N. The number of nitrogens with zero attached hydrogens (tertiary/aromatic N) is 4. The summed E-state index contributed by atoms with van der Waals surface area (Å²) in [6, 6.07) is 0. The van der Waals surface area contributed by atoms with Crippen molar-refractivity contribution in [2.75, 3.05) is 5.73 Å². The molecule has 0 aliphatic rings. The number of anilines is 1. The number of aromatic nitrogens is 4. The molecule has 0 radical (unpaired) electrons. The van der Waals surface area contributed by atoms with E-state index < -0.39 is 0 Å². The maximum Gasteiger partial charge on any atom is 0.131 e. The predicted octanol–water partition coefficient (Wildman–Crippen LogP) is 3.10. The molecule has 20 heavy (non-hydrogen) atoms. The summed E-state index contributed by atoms with van der Waals surface area (Å²) in [6.45, 7) is 8.33. The van der Waals surface area contributed by atoms with Crippen molar-refractivity contribution in [1.82, 2.24) is 19.3 Å². The van der Waals surface area contributed by atoms with Crippen molar-refractivity contribution in [3.8, 4) is 11.3 Å². The first-order valence-corrected chi connectivity index (χ1v) is 7.58. The average molecular weight is 275 g/mol. The van der Waals surface area contributed by atoms with Crippen LogP contribution in [0.4, 0.5) is 5.82 Å². The van der Waals surface area contributed by atoms with Crippen LogP contribution in [0.15, 0.2) is 12.4 Å². The number of aryl methyl sites for hydroxylation is 2. The van der Waals surface area contributed by atoms with Crippen LogP contribution in [0.25, 0.3) is 11.3 Å². The Balaban J connectivity index is 2.33. The topological polar surface area (TPSA) is 61.7 Å². The van der Waals surface area contributed by atoms with Crippen molar-refractivity contribution in [1.29, 1.82) is 0 Å². The summed E-state index contributed by atoms with van der Waals surface area (Å²) < 4.78 is 4.10. The maximum absolute atomic E-state index is 6.30. The number of unbranched alkanes of at least 4 members (excludes halogenated alkanes) is 1. The van der Waals surface area contributed by atoms with Gasteiger partial charge in [-0.25, -0.2) is 4.98 Å². The Morgan fingerprint density at radius 1 is 1.15 bits per heavy atom. The third kappa shape index (κ3) is 2.86. The van der Waals surface area contributed by atoms with Gasteiger partial charge in [-0.15, -0.1) is 0 Å². The van der Waals surface area contributed by atoms with Crippen LogP contribution in [0.5, 0.6) is 0 Å². The van der Waals surface area contributed by atoms with E-state index in [1.165, 1.54) is 0 Å². The number of nitrogens with two attached hydrogens (primary N) is 1. The normalized spacial score (nSPS) is 11.2. The van der Waals surface area contributed by atoms with Crippen molar-refractivity contribution in [2.45, 2.75) is 59.5 Å². The van der Waals surface area contributed by atoms with E-state index in [0.717, 1.165) is 61.7 Å². The van der Waals surface area contributed by atoms with Crippen molar-refractivity contribution in [2.24, 2.45) is 0 Å². The first kappa shape index (κ1) is 14.6. The Bertz CT molecular complexity index is 553. The molecule has 0 aliphatic carbocycles. The second kappa shape index (κ2) is 6.59. The van der Waals surface area contributed by atoms with Crippen molar-refractivity contribution in [3.63, 3.8) is 0 Å². The monoisotopic (exact) mass is 275 g/mol. The Labute approximate surface area is 120 Å². The van der Waals surface area contributed by atoms with Crippen molar-refractivity contribution < 1.29 is 0 Å². The maximum atomic E-state index is 6.30. The summed E-state index contributed by atoms with van der Waals surface area (Å²) >= 11 is 0. The van der Waals surface area contributed by atoms with Crippen LogP contribution in [0.2, 0.25) is 0 Å². The zero-order valence-electron chi connectivity index (χ0n) is 12.8. The second-order valence-electron chi connectivity index (χ2n) is 5.11. The fourth-order valence-electron chi connectivity index (χ4n) is 2.40. The molecular weight excluding hydrogens is 250 g/mol. The van der Waals surface area contributed by atoms with Gasteiger partial charge in [-0.1, -0.05) is 27.2 Å². The third-order valence-corrected chi connectivity index (χ3v) is 3.50. The van der Waals surface area contributed by atoms with E-state index >= 15 is 0 Å². The lowest BCUT2D eigenvalue weighted by molar-refractivity contribution is 0.603. The van der Waals surface area contributed by atoms with Gasteiger partial charge in [0.2, 0.25) is 0 Å². The van der Waals surface area contributed by atoms with Crippen LogP contribution in [0.1, 0.15) is 45.9 Å². The highest BCUT2D eigenvalue weighted by Gasteiger charge is 2.16. The van der Waals surface area contributed by atoms with E-state index in [1.54, 1.807) is 0 Å². The summed E-state index contributed by atoms with van der Waals surface area (Å²) in [4.78, 5) is 4.71. The Morgan fingerprint density at radius 3 is 2.60 bits per heavy atom. The van der Waals surface area contributed by atoms with Gasteiger partial charge < -0.3 is 10.3 Å². The minimum absolute atomic E-state index is 0.770. The van der Waals surface area contributed by atoms with Crippen LogP contribution >= 0.6 is 0 Å². The fraction of sp³-hybridized carbons (Fsp3) is 0.600. The van der Waals surface area contributed by atoms with E-state index in [4.69, 9.17) is 10.7 Å². The highest BCUT2D eigenvalue weighted by molar-refractivity contribution is 5.69. The summed E-state index contributed by atoms with van der Waals surface area (Å²) in [5.74, 6) is 1.83. The van der Waals surface area contributed by atoms with Gasteiger partial charge in [-0.2, -0.15) is 5.10 Å². The molecule has 0 aliphatic heterocycles. The lowest BCUT2D eigenvalue weighted by Crippen LogP contribution is -2.06. The van der Waals surface area contributed by atoms with Crippen LogP contribution < -0.4 is 5.73 Å². The molecule has 5 heteroatoms. The second-order valence-corrected chi connectivity index (χ2v) is 5.11. The summed E-state index contributed by atoms with van der Waals surface area (Å²) in [7, 11) is 0. The van der Waals surface area contributed by atoms with Crippen molar-refractivity contribution >= 4 is 5.82 Å². The highest BCUT2D eigenvalue weighted by Crippen LogP contribution is 2.26. The fourth-order valence-corrected chi connectivity index (χ4v) is 2.40. The van der Waals surface area contributed by atoms with Gasteiger partial charge in [0.1, 0.15) is 17.3 Å². The first-order valence-electron chi connectivity index (χ1n) is 7.58. The Kier molecular flexibility index (Phi) is 4.82. The first-order chi connectivity index (χ1) is 9.71. The van der Waals surface area contributed by atoms with Gasteiger partial charge >= 0.3 is 0 Å². The van der Waals surface area contributed by atoms with Gasteiger partial charge in [0.05, 0.1) is 6.20 Å². The number of rotatable bonds is 7. The Morgan fingerprint density at radius 2 is 1.95 bits per heavy atom. The van der Waals surface area contributed by atoms with Gasteiger partial charge in [0.15, 0.2) is 0 Å². The molecule has 0 atom stereocenters. The number of imidazole rings is 1. The summed E-state index contributed by atoms with van der Waals surface area (Å²) in [5, 5.41) is 4.36. The molecule has 0 saturated carbocycles. The van der Waals surface area contributed by atoms with E-state index in [-0.39, 0.29) is 0 Å². The molecular formula is C15H25N5. The molecule has 2 aromatic rings.